The molecule has 0 aliphatic heterocycles. The molecule has 0 aromatic heterocycles. The summed E-state index contributed by atoms with van der Waals surface area (Å²) < 4.78 is 1.56. The van der Waals surface area contributed by atoms with Crippen molar-refractivity contribution >= 4 is 87.2 Å². The highest BCUT2D eigenvalue weighted by atomic mass is 79.9. The van der Waals surface area contributed by atoms with Gasteiger partial charge in [-0.05, 0) is 56.1 Å². The standard InChI is InChI=1S/C14H6Br2Cl4/c15-13(9-3-1-7(17)5-11(9)19)14(16)10-4-2-8(18)6-12(10)20/h1-6H. The molecule has 0 N–H and O–H groups in total. The first-order valence-corrected chi connectivity index (χ1v) is 8.46. The van der Waals surface area contributed by atoms with Gasteiger partial charge in [-0.15, -0.1) is 0 Å². The monoisotopic (exact) mass is 472 g/mol. The molecule has 20 heavy (non-hydrogen) atoms. The minimum atomic E-state index is 0.548. The SMILES string of the molecule is Clc1ccc(C(Br)=C(Br)c2ccc(Cl)cc2Cl)c(Cl)c1. The lowest BCUT2D eigenvalue weighted by atomic mass is 10.1. The van der Waals surface area contributed by atoms with Crippen LogP contribution in [0.15, 0.2) is 36.4 Å². The van der Waals surface area contributed by atoms with Crippen molar-refractivity contribution < 1.29 is 0 Å². The fourth-order valence-electron chi connectivity index (χ4n) is 1.57. The van der Waals surface area contributed by atoms with E-state index in [-0.39, 0.29) is 0 Å². The van der Waals surface area contributed by atoms with Gasteiger partial charge in [0.15, 0.2) is 0 Å². The van der Waals surface area contributed by atoms with Crippen molar-refractivity contribution in [1.29, 1.82) is 0 Å². The van der Waals surface area contributed by atoms with E-state index >= 15 is 0 Å². The molecule has 0 bridgehead atoms. The maximum absolute atomic E-state index is 6.20. The van der Waals surface area contributed by atoms with Gasteiger partial charge in [0.05, 0.1) is 10.0 Å². The Morgan fingerprint density at radius 2 is 1.00 bits per heavy atom. The van der Waals surface area contributed by atoms with Crippen molar-refractivity contribution in [3.8, 4) is 0 Å². The summed E-state index contributed by atoms with van der Waals surface area (Å²) in [5.74, 6) is 0. The molecule has 0 radical (unpaired) electrons. The van der Waals surface area contributed by atoms with Crippen LogP contribution in [0.2, 0.25) is 20.1 Å². The van der Waals surface area contributed by atoms with Gasteiger partial charge in [0.25, 0.3) is 0 Å². The van der Waals surface area contributed by atoms with Crippen LogP contribution in [-0.2, 0) is 0 Å². The third-order valence-corrected chi connectivity index (χ3v) is 5.80. The quantitative estimate of drug-likeness (QED) is 0.387. The summed E-state index contributed by atoms with van der Waals surface area (Å²) in [6, 6.07) is 10.6. The zero-order valence-corrected chi connectivity index (χ0v) is 15.9. The fourth-order valence-corrected chi connectivity index (χ4v) is 3.92. The molecule has 0 aliphatic carbocycles. The van der Waals surface area contributed by atoms with E-state index in [4.69, 9.17) is 46.4 Å². The van der Waals surface area contributed by atoms with Crippen LogP contribution in [-0.4, -0.2) is 0 Å². The van der Waals surface area contributed by atoms with E-state index in [9.17, 15) is 0 Å². The Kier molecular flexibility index (Phi) is 5.87. The molecular formula is C14H6Br2Cl4. The molecule has 0 amide bonds. The van der Waals surface area contributed by atoms with E-state index in [2.05, 4.69) is 31.9 Å². The first-order valence-electron chi connectivity index (χ1n) is 5.36. The molecule has 0 atom stereocenters. The summed E-state index contributed by atoms with van der Waals surface area (Å²) in [6.45, 7) is 0. The second-order valence-corrected chi connectivity index (χ2v) is 7.15. The highest BCUT2D eigenvalue weighted by molar-refractivity contribution is 9.18. The van der Waals surface area contributed by atoms with Crippen LogP contribution < -0.4 is 0 Å². The van der Waals surface area contributed by atoms with Crippen LogP contribution in [0.3, 0.4) is 0 Å². The number of halogens is 6. The summed E-state index contributed by atoms with van der Waals surface area (Å²) in [5, 5.41) is 2.26. The van der Waals surface area contributed by atoms with Crippen LogP contribution in [0.5, 0.6) is 0 Å². The Morgan fingerprint density at radius 1 is 0.650 bits per heavy atom. The van der Waals surface area contributed by atoms with Crippen LogP contribution in [0.1, 0.15) is 11.1 Å². The molecular weight excluding hydrogens is 470 g/mol. The zero-order valence-electron chi connectivity index (χ0n) is 9.73. The molecule has 0 fully saturated rings. The molecule has 2 aromatic carbocycles. The molecule has 0 nitrogen and oxygen atoms in total. The fraction of sp³-hybridized carbons (Fsp3) is 0. The smallest absolute Gasteiger partial charge is 0.0504 e. The Balaban J connectivity index is 2.55. The Bertz CT molecular complexity index is 636. The lowest BCUT2D eigenvalue weighted by molar-refractivity contribution is 1.63. The van der Waals surface area contributed by atoms with Gasteiger partial charge in [0.2, 0.25) is 0 Å². The maximum atomic E-state index is 6.20. The number of hydrogen-bond acceptors (Lipinski definition) is 0. The average molecular weight is 476 g/mol. The topological polar surface area (TPSA) is 0 Å². The molecule has 0 spiro atoms. The second kappa shape index (κ2) is 7.04. The minimum absolute atomic E-state index is 0.548. The van der Waals surface area contributed by atoms with E-state index in [1.54, 1.807) is 24.3 Å². The summed E-state index contributed by atoms with van der Waals surface area (Å²) >= 11 is 31.2. The Morgan fingerprint density at radius 3 is 1.30 bits per heavy atom. The normalized spacial score (nSPS) is 12.3. The van der Waals surface area contributed by atoms with Gasteiger partial charge in [0.1, 0.15) is 0 Å². The van der Waals surface area contributed by atoms with E-state index in [1.807, 2.05) is 12.1 Å². The van der Waals surface area contributed by atoms with Gasteiger partial charge in [-0.3, -0.25) is 0 Å². The maximum Gasteiger partial charge on any atom is 0.0504 e. The molecule has 104 valence electrons. The molecule has 0 saturated carbocycles. The van der Waals surface area contributed by atoms with Gasteiger partial charge in [-0.1, -0.05) is 58.5 Å². The van der Waals surface area contributed by atoms with Crippen LogP contribution in [0.4, 0.5) is 0 Å². The number of benzene rings is 2. The first kappa shape index (κ1) is 16.7. The van der Waals surface area contributed by atoms with Gasteiger partial charge >= 0.3 is 0 Å². The molecule has 2 aromatic rings. The van der Waals surface area contributed by atoms with Crippen molar-refractivity contribution in [3.05, 3.63) is 67.6 Å². The van der Waals surface area contributed by atoms with Crippen molar-refractivity contribution in [2.24, 2.45) is 0 Å². The lowest BCUT2D eigenvalue weighted by Gasteiger charge is -2.09. The minimum Gasteiger partial charge on any atom is -0.0843 e. The highest BCUT2D eigenvalue weighted by Crippen LogP contribution is 2.41. The predicted molar refractivity (Wildman–Crippen MR) is 97.6 cm³/mol. The molecule has 0 heterocycles. The summed E-state index contributed by atoms with van der Waals surface area (Å²) in [6.07, 6.45) is 0. The van der Waals surface area contributed by atoms with Gasteiger partial charge in [-0.25, -0.2) is 0 Å². The number of rotatable bonds is 2. The van der Waals surface area contributed by atoms with Gasteiger partial charge < -0.3 is 0 Å². The van der Waals surface area contributed by atoms with E-state index in [0.29, 0.717) is 20.1 Å². The predicted octanol–water partition coefficient (Wildman–Crippen LogP) is 7.92. The average Bonchev–Trinajstić information content (AvgIpc) is 2.37. The molecule has 0 saturated heterocycles. The van der Waals surface area contributed by atoms with Gasteiger partial charge in [-0.2, -0.15) is 0 Å². The molecule has 2 rings (SSSR count). The van der Waals surface area contributed by atoms with Gasteiger partial charge in [0, 0.05) is 30.1 Å². The first-order chi connectivity index (χ1) is 9.40. The Labute approximate surface area is 153 Å². The summed E-state index contributed by atoms with van der Waals surface area (Å²) in [7, 11) is 0. The van der Waals surface area contributed by atoms with Crippen molar-refractivity contribution in [1.82, 2.24) is 0 Å². The lowest BCUT2D eigenvalue weighted by Crippen LogP contribution is -1.85. The van der Waals surface area contributed by atoms with Crippen molar-refractivity contribution in [3.63, 3.8) is 0 Å². The van der Waals surface area contributed by atoms with Crippen LogP contribution >= 0.6 is 78.3 Å². The van der Waals surface area contributed by atoms with Crippen molar-refractivity contribution in [2.45, 2.75) is 0 Å². The molecule has 0 unspecified atom stereocenters. The number of hydrogen-bond donors (Lipinski definition) is 0. The largest absolute Gasteiger partial charge is 0.0843 e. The molecule has 6 heteroatoms. The van der Waals surface area contributed by atoms with E-state index < -0.39 is 0 Å². The molecule has 0 aliphatic rings. The summed E-state index contributed by atoms with van der Waals surface area (Å²) in [4.78, 5) is 0. The van der Waals surface area contributed by atoms with Crippen LogP contribution in [0.25, 0.3) is 8.96 Å². The third-order valence-electron chi connectivity index (χ3n) is 2.53. The highest BCUT2D eigenvalue weighted by Gasteiger charge is 2.13. The summed E-state index contributed by atoms with van der Waals surface area (Å²) in [5.41, 5.74) is 1.63. The Hall–Kier alpha value is 0.300. The zero-order chi connectivity index (χ0) is 14.9. The van der Waals surface area contributed by atoms with Crippen LogP contribution in [0, 0.1) is 0 Å². The second-order valence-electron chi connectivity index (χ2n) is 3.88. The van der Waals surface area contributed by atoms with E-state index in [1.165, 1.54) is 0 Å². The van der Waals surface area contributed by atoms with Crippen molar-refractivity contribution in [2.75, 3.05) is 0 Å². The third kappa shape index (κ3) is 3.73. The van der Waals surface area contributed by atoms with E-state index in [0.717, 1.165) is 20.1 Å².